The van der Waals surface area contributed by atoms with Crippen molar-refractivity contribution < 1.29 is 18.7 Å². The van der Waals surface area contributed by atoms with Gasteiger partial charge in [0.1, 0.15) is 11.4 Å². The van der Waals surface area contributed by atoms with Crippen molar-refractivity contribution in [1.29, 1.82) is 0 Å². The molecule has 4 aromatic rings. The Morgan fingerprint density at radius 3 is 2.35 bits per heavy atom. The minimum absolute atomic E-state index is 0.0313. The summed E-state index contributed by atoms with van der Waals surface area (Å²) in [5, 5.41) is 0.444. The number of hydrogen-bond acceptors (Lipinski definition) is 6. The molecule has 5 rings (SSSR count). The van der Waals surface area contributed by atoms with E-state index in [4.69, 9.17) is 13.9 Å². The molecule has 0 fully saturated rings. The minimum Gasteiger partial charge on any atom is -0.493 e. The molecule has 0 saturated carbocycles. The van der Waals surface area contributed by atoms with E-state index in [0.29, 0.717) is 33.8 Å². The number of amides is 1. The number of hydrogen-bond donors (Lipinski definition) is 0. The van der Waals surface area contributed by atoms with Gasteiger partial charge >= 0.3 is 0 Å². The van der Waals surface area contributed by atoms with Gasteiger partial charge in [-0.15, -0.1) is 0 Å². The zero-order chi connectivity index (χ0) is 24.1. The quantitative estimate of drug-likeness (QED) is 0.435. The van der Waals surface area contributed by atoms with Crippen LogP contribution in [0.2, 0.25) is 0 Å². The third kappa shape index (κ3) is 3.23. The fraction of sp³-hybridized carbons (Fsp3) is 0.222. The Hall–Kier alpha value is -4.13. The van der Waals surface area contributed by atoms with E-state index >= 15 is 0 Å². The zero-order valence-corrected chi connectivity index (χ0v) is 19.6. The van der Waals surface area contributed by atoms with E-state index in [1.54, 1.807) is 38.5 Å². The van der Waals surface area contributed by atoms with Crippen molar-refractivity contribution in [2.45, 2.75) is 26.8 Å². The van der Waals surface area contributed by atoms with Gasteiger partial charge in [-0.25, -0.2) is 4.98 Å². The number of aromatic nitrogens is 1. The predicted molar refractivity (Wildman–Crippen MR) is 129 cm³/mol. The lowest BCUT2D eigenvalue weighted by Gasteiger charge is -2.25. The van der Waals surface area contributed by atoms with Crippen molar-refractivity contribution in [2.24, 2.45) is 0 Å². The predicted octanol–water partition coefficient (Wildman–Crippen LogP) is 4.88. The highest BCUT2D eigenvalue weighted by Gasteiger charge is 2.44. The van der Waals surface area contributed by atoms with E-state index in [0.717, 1.165) is 16.8 Å². The van der Waals surface area contributed by atoms with Crippen molar-refractivity contribution >= 4 is 22.7 Å². The molecule has 0 radical (unpaired) electrons. The fourth-order valence-corrected chi connectivity index (χ4v) is 4.47. The molecule has 0 N–H and O–H groups in total. The molecule has 2 aromatic carbocycles. The Bertz CT molecular complexity index is 1520. The second-order valence-corrected chi connectivity index (χ2v) is 8.44. The van der Waals surface area contributed by atoms with Crippen LogP contribution in [0.1, 0.15) is 44.5 Å². The molecule has 2 aromatic heterocycles. The monoisotopic (exact) mass is 456 g/mol. The summed E-state index contributed by atoms with van der Waals surface area (Å²) in [7, 11) is 3.10. The Morgan fingerprint density at radius 2 is 1.65 bits per heavy atom. The summed E-state index contributed by atoms with van der Waals surface area (Å²) >= 11 is 0. The number of ether oxygens (including phenoxy) is 2. The number of methoxy groups -OCH3 is 2. The molecule has 0 spiro atoms. The molecule has 1 aliphatic rings. The molecule has 1 atom stereocenters. The van der Waals surface area contributed by atoms with Crippen LogP contribution in [0.3, 0.4) is 0 Å². The van der Waals surface area contributed by atoms with Gasteiger partial charge in [0.05, 0.1) is 31.2 Å². The molecule has 0 saturated heterocycles. The van der Waals surface area contributed by atoms with Crippen molar-refractivity contribution in [2.75, 3.05) is 19.1 Å². The van der Waals surface area contributed by atoms with Crippen LogP contribution in [0.4, 0.5) is 5.82 Å². The van der Waals surface area contributed by atoms with Gasteiger partial charge in [-0.2, -0.15) is 0 Å². The lowest BCUT2D eigenvalue weighted by molar-refractivity contribution is 0.0970. The summed E-state index contributed by atoms with van der Waals surface area (Å²) in [6, 6.07) is 13.7. The van der Waals surface area contributed by atoms with Crippen molar-refractivity contribution in [3.63, 3.8) is 0 Å². The van der Waals surface area contributed by atoms with Gasteiger partial charge < -0.3 is 13.9 Å². The molecule has 0 unspecified atom stereocenters. The number of anilines is 1. The normalized spacial score (nSPS) is 15.0. The number of nitrogens with zero attached hydrogens (tertiary/aromatic N) is 2. The summed E-state index contributed by atoms with van der Waals surface area (Å²) in [5.74, 6) is 1.10. The highest BCUT2D eigenvalue weighted by atomic mass is 16.5. The molecule has 34 heavy (non-hydrogen) atoms. The molecular formula is C27H24N2O5. The second kappa shape index (κ2) is 8.02. The number of pyridine rings is 1. The summed E-state index contributed by atoms with van der Waals surface area (Å²) in [5.41, 5.74) is 3.84. The van der Waals surface area contributed by atoms with E-state index in [2.05, 4.69) is 4.98 Å². The topological polar surface area (TPSA) is 81.9 Å². The van der Waals surface area contributed by atoms with Crippen molar-refractivity contribution in [3.8, 4) is 11.5 Å². The first-order chi connectivity index (χ1) is 16.3. The molecule has 0 aliphatic carbocycles. The Morgan fingerprint density at radius 1 is 0.912 bits per heavy atom. The summed E-state index contributed by atoms with van der Waals surface area (Å²) in [6.45, 7) is 5.74. The van der Waals surface area contributed by atoms with Gasteiger partial charge in [0.15, 0.2) is 16.9 Å². The summed E-state index contributed by atoms with van der Waals surface area (Å²) < 4.78 is 17.0. The first kappa shape index (κ1) is 21.7. The first-order valence-electron chi connectivity index (χ1n) is 10.9. The number of aryl methyl sites for hydroxylation is 3. The Labute approximate surface area is 196 Å². The number of rotatable bonds is 4. The fourth-order valence-electron chi connectivity index (χ4n) is 4.47. The van der Waals surface area contributed by atoms with E-state index in [9.17, 15) is 9.59 Å². The maximum Gasteiger partial charge on any atom is 0.296 e. The van der Waals surface area contributed by atoms with Gasteiger partial charge in [-0.05, 0) is 73.9 Å². The lowest BCUT2D eigenvalue weighted by Crippen LogP contribution is -2.30. The Kier molecular flexibility index (Phi) is 5.12. The van der Waals surface area contributed by atoms with Gasteiger partial charge in [-0.1, -0.05) is 12.1 Å². The highest BCUT2D eigenvalue weighted by molar-refractivity contribution is 6.10. The van der Waals surface area contributed by atoms with Crippen LogP contribution in [-0.4, -0.2) is 25.1 Å². The van der Waals surface area contributed by atoms with Crippen LogP contribution in [0.15, 0.2) is 57.7 Å². The zero-order valence-electron chi connectivity index (χ0n) is 19.6. The van der Waals surface area contributed by atoms with Crippen LogP contribution in [0, 0.1) is 20.8 Å². The van der Waals surface area contributed by atoms with Gasteiger partial charge in [-0.3, -0.25) is 14.5 Å². The highest BCUT2D eigenvalue weighted by Crippen LogP contribution is 2.42. The first-order valence-corrected chi connectivity index (χ1v) is 10.9. The van der Waals surface area contributed by atoms with Gasteiger partial charge in [0, 0.05) is 5.69 Å². The minimum atomic E-state index is -0.737. The molecule has 172 valence electrons. The maximum absolute atomic E-state index is 13.8. The summed E-state index contributed by atoms with van der Waals surface area (Å²) in [4.78, 5) is 33.6. The van der Waals surface area contributed by atoms with Gasteiger partial charge in [0.2, 0.25) is 5.76 Å². The van der Waals surface area contributed by atoms with Crippen LogP contribution in [0.25, 0.3) is 11.0 Å². The molecular weight excluding hydrogens is 432 g/mol. The second-order valence-electron chi connectivity index (χ2n) is 8.44. The number of fused-ring (bicyclic) bond motifs is 2. The molecule has 3 heterocycles. The third-order valence-corrected chi connectivity index (χ3v) is 6.33. The van der Waals surface area contributed by atoms with Crippen LogP contribution >= 0.6 is 0 Å². The molecule has 7 heteroatoms. The molecule has 1 aliphatic heterocycles. The average Bonchev–Trinajstić information content (AvgIpc) is 3.12. The number of carbonyl (C=O) groups excluding carboxylic acids is 1. The standard InChI is InChI=1S/C27H24N2O5/c1-14-11-18-20(12-15(14)2)34-26-23(25(18)30)24(17-9-10-19(32-4)21(13-17)33-5)29(27(26)31)22-8-6-7-16(3)28-22/h6-13,24H,1-5H3/t24-/m1/s1. The number of carbonyl (C=O) groups is 1. The van der Waals surface area contributed by atoms with E-state index in [1.165, 1.54) is 4.90 Å². The third-order valence-electron chi connectivity index (χ3n) is 6.33. The van der Waals surface area contributed by atoms with E-state index in [-0.39, 0.29) is 16.8 Å². The van der Waals surface area contributed by atoms with Crippen LogP contribution in [0.5, 0.6) is 11.5 Å². The average molecular weight is 456 g/mol. The molecule has 7 nitrogen and oxygen atoms in total. The van der Waals surface area contributed by atoms with Crippen molar-refractivity contribution in [3.05, 3.63) is 92.5 Å². The van der Waals surface area contributed by atoms with Crippen LogP contribution in [-0.2, 0) is 0 Å². The summed E-state index contributed by atoms with van der Waals surface area (Å²) in [6.07, 6.45) is 0. The SMILES string of the molecule is COc1ccc([C@@H]2c3c(oc4cc(C)c(C)cc4c3=O)C(=O)N2c2cccc(C)n2)cc1OC. The van der Waals surface area contributed by atoms with Crippen molar-refractivity contribution in [1.82, 2.24) is 4.98 Å². The maximum atomic E-state index is 13.8. The lowest BCUT2D eigenvalue weighted by atomic mass is 9.97. The molecule has 0 bridgehead atoms. The van der Waals surface area contributed by atoms with E-state index in [1.807, 2.05) is 45.0 Å². The van der Waals surface area contributed by atoms with E-state index < -0.39 is 11.9 Å². The van der Waals surface area contributed by atoms with Crippen LogP contribution < -0.4 is 19.8 Å². The van der Waals surface area contributed by atoms with Gasteiger partial charge in [0.25, 0.3) is 5.91 Å². The number of benzene rings is 2. The largest absolute Gasteiger partial charge is 0.493 e. The smallest absolute Gasteiger partial charge is 0.296 e. The molecule has 1 amide bonds. The Balaban J connectivity index is 1.83.